The second-order valence-electron chi connectivity index (χ2n) is 6.13. The SMILES string of the molecule is CC(NC(=O)N(C)Cc1c(F)cccc1Cl)c1ccc2c(c1)OCCO2. The van der Waals surface area contributed by atoms with Gasteiger partial charge in [-0.3, -0.25) is 0 Å². The van der Waals surface area contributed by atoms with Crippen LogP contribution in [0.1, 0.15) is 24.1 Å². The van der Waals surface area contributed by atoms with Crippen molar-refractivity contribution in [3.05, 3.63) is 58.4 Å². The van der Waals surface area contributed by atoms with Gasteiger partial charge in [0.1, 0.15) is 19.0 Å². The van der Waals surface area contributed by atoms with E-state index in [0.717, 1.165) is 5.56 Å². The summed E-state index contributed by atoms with van der Waals surface area (Å²) in [6, 6.07) is 9.44. The highest BCUT2D eigenvalue weighted by Gasteiger charge is 2.19. The molecule has 2 aromatic rings. The average Bonchev–Trinajstić information content (AvgIpc) is 2.64. The van der Waals surface area contributed by atoms with E-state index in [-0.39, 0.29) is 18.6 Å². The zero-order chi connectivity index (χ0) is 18.7. The first-order valence-electron chi connectivity index (χ1n) is 8.30. The van der Waals surface area contributed by atoms with Gasteiger partial charge in [-0.15, -0.1) is 0 Å². The molecule has 1 N–H and O–H groups in total. The van der Waals surface area contributed by atoms with Gasteiger partial charge in [0, 0.05) is 17.6 Å². The molecule has 1 atom stereocenters. The highest BCUT2D eigenvalue weighted by atomic mass is 35.5. The molecular formula is C19H20ClFN2O3. The summed E-state index contributed by atoms with van der Waals surface area (Å²) in [6.07, 6.45) is 0. The molecule has 0 spiro atoms. The van der Waals surface area contributed by atoms with Crippen LogP contribution in [0.2, 0.25) is 5.02 Å². The Morgan fingerprint density at radius 3 is 2.73 bits per heavy atom. The highest BCUT2D eigenvalue weighted by molar-refractivity contribution is 6.31. The van der Waals surface area contributed by atoms with Crippen LogP contribution in [0.3, 0.4) is 0 Å². The summed E-state index contributed by atoms with van der Waals surface area (Å²) in [5.74, 6) is 0.934. The largest absolute Gasteiger partial charge is 0.486 e. The maximum Gasteiger partial charge on any atom is 0.317 e. The average molecular weight is 379 g/mol. The molecule has 7 heteroatoms. The third-order valence-corrected chi connectivity index (χ3v) is 4.56. The topological polar surface area (TPSA) is 50.8 Å². The lowest BCUT2D eigenvalue weighted by molar-refractivity contribution is 0.171. The maximum atomic E-state index is 13.9. The molecule has 1 aliphatic rings. The predicted octanol–water partition coefficient (Wildman–Crippen LogP) is 4.15. The van der Waals surface area contributed by atoms with Crippen LogP contribution in [-0.2, 0) is 6.54 Å². The van der Waals surface area contributed by atoms with Gasteiger partial charge in [-0.25, -0.2) is 9.18 Å². The molecule has 1 unspecified atom stereocenters. The van der Waals surface area contributed by atoms with Gasteiger partial charge >= 0.3 is 6.03 Å². The molecule has 0 saturated heterocycles. The first-order valence-corrected chi connectivity index (χ1v) is 8.67. The fraction of sp³-hybridized carbons (Fsp3) is 0.316. The third kappa shape index (κ3) is 4.02. The molecule has 5 nitrogen and oxygen atoms in total. The molecule has 2 amide bonds. The molecule has 2 aromatic carbocycles. The normalized spacial score (nSPS) is 13.8. The van der Waals surface area contributed by atoms with Gasteiger partial charge in [0.15, 0.2) is 11.5 Å². The van der Waals surface area contributed by atoms with E-state index in [1.54, 1.807) is 13.1 Å². The molecule has 0 aliphatic carbocycles. The van der Waals surface area contributed by atoms with E-state index < -0.39 is 5.82 Å². The minimum atomic E-state index is -0.433. The molecule has 26 heavy (non-hydrogen) atoms. The van der Waals surface area contributed by atoms with Crippen LogP contribution in [0.15, 0.2) is 36.4 Å². The van der Waals surface area contributed by atoms with E-state index in [1.165, 1.54) is 17.0 Å². The van der Waals surface area contributed by atoms with Crippen molar-refractivity contribution in [2.75, 3.05) is 20.3 Å². The van der Waals surface area contributed by atoms with Gasteiger partial charge in [-0.05, 0) is 36.8 Å². The number of fused-ring (bicyclic) bond motifs is 1. The van der Waals surface area contributed by atoms with Gasteiger partial charge in [0.05, 0.1) is 12.6 Å². The third-order valence-electron chi connectivity index (χ3n) is 4.21. The van der Waals surface area contributed by atoms with Gasteiger partial charge in [0.25, 0.3) is 0 Å². The number of amides is 2. The number of ether oxygens (including phenoxy) is 2. The zero-order valence-electron chi connectivity index (χ0n) is 14.6. The van der Waals surface area contributed by atoms with Crippen molar-refractivity contribution in [1.82, 2.24) is 10.2 Å². The summed E-state index contributed by atoms with van der Waals surface area (Å²) in [5.41, 5.74) is 1.18. The van der Waals surface area contributed by atoms with Crippen molar-refractivity contribution in [3.8, 4) is 11.5 Å². The number of urea groups is 1. The minimum absolute atomic E-state index is 0.0746. The molecule has 1 aliphatic heterocycles. The van der Waals surface area contributed by atoms with E-state index in [9.17, 15) is 9.18 Å². The summed E-state index contributed by atoms with van der Waals surface area (Å²) in [7, 11) is 1.59. The minimum Gasteiger partial charge on any atom is -0.486 e. The summed E-state index contributed by atoms with van der Waals surface area (Å²) >= 11 is 6.02. The number of halogens is 2. The second-order valence-corrected chi connectivity index (χ2v) is 6.54. The van der Waals surface area contributed by atoms with E-state index in [2.05, 4.69) is 5.32 Å². The molecule has 0 radical (unpaired) electrons. The molecule has 0 saturated carbocycles. The number of hydrogen-bond acceptors (Lipinski definition) is 3. The van der Waals surface area contributed by atoms with Crippen molar-refractivity contribution in [2.24, 2.45) is 0 Å². The van der Waals surface area contributed by atoms with Crippen molar-refractivity contribution < 1.29 is 18.7 Å². The van der Waals surface area contributed by atoms with Crippen molar-refractivity contribution >= 4 is 17.6 Å². The summed E-state index contributed by atoms with van der Waals surface area (Å²) in [6.45, 7) is 2.98. The lowest BCUT2D eigenvalue weighted by Gasteiger charge is -2.24. The number of nitrogens with one attached hydrogen (secondary N) is 1. The van der Waals surface area contributed by atoms with E-state index in [0.29, 0.717) is 35.3 Å². The van der Waals surface area contributed by atoms with Crippen LogP contribution >= 0.6 is 11.6 Å². The van der Waals surface area contributed by atoms with E-state index >= 15 is 0 Å². The summed E-state index contributed by atoms with van der Waals surface area (Å²) < 4.78 is 25.0. The number of carbonyl (C=O) groups excluding carboxylic acids is 1. The smallest absolute Gasteiger partial charge is 0.317 e. The number of nitrogens with zero attached hydrogens (tertiary/aromatic N) is 1. The van der Waals surface area contributed by atoms with Crippen LogP contribution in [0.4, 0.5) is 9.18 Å². The van der Waals surface area contributed by atoms with Crippen LogP contribution in [0.5, 0.6) is 11.5 Å². The van der Waals surface area contributed by atoms with Gasteiger partial charge in [-0.1, -0.05) is 23.7 Å². The van der Waals surface area contributed by atoms with E-state index in [1.807, 2.05) is 25.1 Å². The van der Waals surface area contributed by atoms with Crippen LogP contribution < -0.4 is 14.8 Å². The highest BCUT2D eigenvalue weighted by Crippen LogP contribution is 2.32. The quantitative estimate of drug-likeness (QED) is 0.869. The Labute approximate surface area is 156 Å². The first-order chi connectivity index (χ1) is 12.5. The molecular weight excluding hydrogens is 359 g/mol. The number of carbonyl (C=O) groups is 1. The molecule has 138 valence electrons. The second kappa shape index (κ2) is 7.83. The Morgan fingerprint density at radius 1 is 1.27 bits per heavy atom. The number of benzene rings is 2. The number of rotatable bonds is 4. The van der Waals surface area contributed by atoms with E-state index in [4.69, 9.17) is 21.1 Å². The molecule has 3 rings (SSSR count). The maximum absolute atomic E-state index is 13.9. The molecule has 0 bridgehead atoms. The van der Waals surface area contributed by atoms with Crippen molar-refractivity contribution in [1.29, 1.82) is 0 Å². The monoisotopic (exact) mass is 378 g/mol. The lowest BCUT2D eigenvalue weighted by Crippen LogP contribution is -2.38. The molecule has 0 fully saturated rings. The number of hydrogen-bond donors (Lipinski definition) is 1. The molecule has 1 heterocycles. The fourth-order valence-corrected chi connectivity index (χ4v) is 2.92. The Hall–Kier alpha value is -2.47. The fourth-order valence-electron chi connectivity index (χ4n) is 2.70. The Balaban J connectivity index is 1.65. The first kappa shape index (κ1) is 18.3. The van der Waals surface area contributed by atoms with Crippen LogP contribution in [0, 0.1) is 5.82 Å². The van der Waals surface area contributed by atoms with Crippen molar-refractivity contribution in [3.63, 3.8) is 0 Å². The predicted molar refractivity (Wildman–Crippen MR) is 97.3 cm³/mol. The Kier molecular flexibility index (Phi) is 5.52. The van der Waals surface area contributed by atoms with Crippen molar-refractivity contribution in [2.45, 2.75) is 19.5 Å². The Morgan fingerprint density at radius 2 is 2.00 bits per heavy atom. The van der Waals surface area contributed by atoms with Crippen LogP contribution in [-0.4, -0.2) is 31.2 Å². The van der Waals surface area contributed by atoms with Gasteiger partial charge in [-0.2, -0.15) is 0 Å². The Bertz CT molecular complexity index is 795. The molecule has 0 aromatic heterocycles. The lowest BCUT2D eigenvalue weighted by atomic mass is 10.1. The standard InChI is InChI=1S/C19H20ClFN2O3/c1-12(13-6-7-17-18(10-13)26-9-8-25-17)22-19(24)23(2)11-14-15(20)4-3-5-16(14)21/h3-7,10,12H,8-9,11H2,1-2H3,(H,22,24). The zero-order valence-corrected chi connectivity index (χ0v) is 15.3. The van der Waals surface area contributed by atoms with Gasteiger partial charge < -0.3 is 19.7 Å². The summed E-state index contributed by atoms with van der Waals surface area (Å²) in [5, 5.41) is 3.18. The summed E-state index contributed by atoms with van der Waals surface area (Å²) in [4.78, 5) is 13.8. The van der Waals surface area contributed by atoms with Gasteiger partial charge in [0.2, 0.25) is 0 Å². The van der Waals surface area contributed by atoms with Crippen LogP contribution in [0.25, 0.3) is 0 Å².